The van der Waals surface area contributed by atoms with Crippen molar-refractivity contribution in [3.05, 3.63) is 64.4 Å². The van der Waals surface area contributed by atoms with Gasteiger partial charge in [-0.3, -0.25) is 4.57 Å². The number of fused-ring (bicyclic) bond motifs is 1. The summed E-state index contributed by atoms with van der Waals surface area (Å²) in [5.41, 5.74) is 1.55. The van der Waals surface area contributed by atoms with E-state index in [-0.39, 0.29) is 28.9 Å². The van der Waals surface area contributed by atoms with Crippen LogP contribution in [0, 0.1) is 5.82 Å². The number of aryl methyl sites for hydroxylation is 1. The third kappa shape index (κ3) is 4.01. The fourth-order valence-corrected chi connectivity index (χ4v) is 4.12. The van der Waals surface area contributed by atoms with Crippen molar-refractivity contribution >= 4 is 21.1 Å². The highest BCUT2D eigenvalue weighted by molar-refractivity contribution is 7.89. The van der Waals surface area contributed by atoms with Gasteiger partial charge in [-0.2, -0.15) is 0 Å². The molecule has 0 aliphatic rings. The molecule has 0 spiro atoms. The Morgan fingerprint density at radius 1 is 1.18 bits per heavy atom. The molecule has 1 atom stereocenters. The van der Waals surface area contributed by atoms with Gasteiger partial charge in [-0.1, -0.05) is 12.1 Å². The van der Waals surface area contributed by atoms with Crippen LogP contribution in [0.3, 0.4) is 0 Å². The highest BCUT2D eigenvalue weighted by atomic mass is 32.2. The maximum absolute atomic E-state index is 13.2. The number of sulfonamides is 1. The molecule has 0 amide bonds. The molecular formula is C19H22FN3O4S. The van der Waals surface area contributed by atoms with Crippen LogP contribution < -0.4 is 10.5 Å². The fraction of sp³-hybridized carbons (Fsp3) is 0.316. The van der Waals surface area contributed by atoms with Crippen LogP contribution in [0.1, 0.15) is 18.5 Å². The Bertz CT molecular complexity index is 1130. The first-order valence-electron chi connectivity index (χ1n) is 8.78. The highest BCUT2D eigenvalue weighted by Gasteiger charge is 2.21. The minimum absolute atomic E-state index is 0.00798. The molecule has 3 aromatic rings. The zero-order valence-electron chi connectivity index (χ0n) is 15.8. The Balaban J connectivity index is 1.85. The SMILES string of the molecule is CCn1c(=O)oc2cc(S(=O)(=O)NC[C@@H](c3ccc(F)cc3)N(C)C)ccc21. The molecule has 150 valence electrons. The number of benzene rings is 2. The van der Waals surface area contributed by atoms with E-state index in [1.165, 1.54) is 28.8 Å². The van der Waals surface area contributed by atoms with Gasteiger partial charge in [0.25, 0.3) is 0 Å². The van der Waals surface area contributed by atoms with Gasteiger partial charge in [0.2, 0.25) is 10.0 Å². The van der Waals surface area contributed by atoms with Crippen LogP contribution in [0.5, 0.6) is 0 Å². The van der Waals surface area contributed by atoms with Crippen LogP contribution >= 0.6 is 0 Å². The third-order valence-corrected chi connectivity index (χ3v) is 6.03. The Kier molecular flexibility index (Phi) is 5.69. The maximum atomic E-state index is 13.2. The summed E-state index contributed by atoms with van der Waals surface area (Å²) in [4.78, 5) is 13.7. The van der Waals surface area contributed by atoms with E-state index in [0.717, 1.165) is 5.56 Å². The number of nitrogens with one attached hydrogen (secondary N) is 1. The van der Waals surface area contributed by atoms with E-state index in [9.17, 15) is 17.6 Å². The van der Waals surface area contributed by atoms with Crippen LogP contribution in [-0.4, -0.2) is 38.5 Å². The van der Waals surface area contributed by atoms with E-state index in [4.69, 9.17) is 4.42 Å². The molecule has 1 heterocycles. The molecular weight excluding hydrogens is 385 g/mol. The second kappa shape index (κ2) is 7.86. The lowest BCUT2D eigenvalue weighted by Gasteiger charge is -2.25. The molecule has 1 aromatic heterocycles. The normalized spacial score (nSPS) is 13.3. The minimum atomic E-state index is -3.83. The first kappa shape index (κ1) is 20.2. The molecule has 3 rings (SSSR count). The molecule has 7 nitrogen and oxygen atoms in total. The van der Waals surface area contributed by atoms with Gasteiger partial charge in [0, 0.05) is 25.2 Å². The molecule has 9 heteroatoms. The van der Waals surface area contributed by atoms with Crippen LogP contribution in [-0.2, 0) is 16.6 Å². The molecule has 0 saturated heterocycles. The lowest BCUT2D eigenvalue weighted by atomic mass is 10.1. The van der Waals surface area contributed by atoms with Crippen molar-refractivity contribution < 1.29 is 17.2 Å². The summed E-state index contributed by atoms with van der Waals surface area (Å²) in [6, 6.07) is 10.00. The van der Waals surface area contributed by atoms with E-state index in [0.29, 0.717) is 12.1 Å². The molecule has 1 N–H and O–H groups in total. The predicted molar refractivity (Wildman–Crippen MR) is 104 cm³/mol. The third-order valence-electron chi connectivity index (χ3n) is 4.61. The van der Waals surface area contributed by atoms with Crippen molar-refractivity contribution in [2.75, 3.05) is 20.6 Å². The standard InChI is InChI=1S/C19H22FN3O4S/c1-4-23-16-10-9-15(11-18(16)27-19(23)24)28(25,26)21-12-17(22(2)3)13-5-7-14(20)8-6-13/h5-11,17,21H,4,12H2,1-3H3/t17-/m0/s1. The lowest BCUT2D eigenvalue weighted by Crippen LogP contribution is -2.34. The number of rotatable bonds is 7. The van der Waals surface area contributed by atoms with Gasteiger partial charge >= 0.3 is 5.76 Å². The lowest BCUT2D eigenvalue weighted by molar-refractivity contribution is 0.299. The van der Waals surface area contributed by atoms with Gasteiger partial charge < -0.3 is 9.32 Å². The molecule has 0 aliphatic carbocycles. The minimum Gasteiger partial charge on any atom is -0.408 e. The summed E-state index contributed by atoms with van der Waals surface area (Å²) in [6.07, 6.45) is 0. The molecule has 0 aliphatic heterocycles. The van der Waals surface area contributed by atoms with E-state index >= 15 is 0 Å². The second-order valence-corrected chi connectivity index (χ2v) is 8.39. The fourth-order valence-electron chi connectivity index (χ4n) is 3.07. The summed E-state index contributed by atoms with van der Waals surface area (Å²) >= 11 is 0. The number of oxazole rings is 1. The van der Waals surface area contributed by atoms with Crippen molar-refractivity contribution in [2.45, 2.75) is 24.4 Å². The van der Waals surface area contributed by atoms with Crippen molar-refractivity contribution in [1.82, 2.24) is 14.2 Å². The topological polar surface area (TPSA) is 84.5 Å². The van der Waals surface area contributed by atoms with Gasteiger partial charge in [-0.15, -0.1) is 0 Å². The quantitative estimate of drug-likeness (QED) is 0.650. The number of nitrogens with zero attached hydrogens (tertiary/aromatic N) is 2. The van der Waals surface area contributed by atoms with Crippen LogP contribution in [0.2, 0.25) is 0 Å². The zero-order chi connectivity index (χ0) is 20.5. The summed E-state index contributed by atoms with van der Waals surface area (Å²) in [5.74, 6) is -0.875. The van der Waals surface area contributed by atoms with Crippen LogP contribution in [0.25, 0.3) is 11.1 Å². The largest absolute Gasteiger partial charge is 0.419 e. The van der Waals surface area contributed by atoms with Gasteiger partial charge in [0.1, 0.15) is 5.82 Å². The molecule has 28 heavy (non-hydrogen) atoms. The van der Waals surface area contributed by atoms with Gasteiger partial charge in [-0.25, -0.2) is 22.3 Å². The molecule has 0 fully saturated rings. The molecule has 2 aromatic carbocycles. The second-order valence-electron chi connectivity index (χ2n) is 6.62. The van der Waals surface area contributed by atoms with Crippen molar-refractivity contribution in [3.8, 4) is 0 Å². The van der Waals surface area contributed by atoms with Gasteiger partial charge in [-0.05, 0) is 50.8 Å². The predicted octanol–water partition coefficient (Wildman–Crippen LogP) is 2.33. The Morgan fingerprint density at radius 3 is 2.46 bits per heavy atom. The first-order chi connectivity index (χ1) is 13.2. The summed E-state index contributed by atoms with van der Waals surface area (Å²) in [6.45, 7) is 2.33. The molecule has 0 bridgehead atoms. The molecule has 0 radical (unpaired) electrons. The highest BCUT2D eigenvalue weighted by Crippen LogP contribution is 2.21. The van der Waals surface area contributed by atoms with Crippen molar-refractivity contribution in [1.29, 1.82) is 0 Å². The monoisotopic (exact) mass is 407 g/mol. The summed E-state index contributed by atoms with van der Waals surface area (Å²) < 4.78 is 47.8. The first-order valence-corrected chi connectivity index (χ1v) is 10.3. The van der Waals surface area contributed by atoms with E-state index < -0.39 is 15.8 Å². The van der Waals surface area contributed by atoms with Crippen molar-refractivity contribution in [2.24, 2.45) is 0 Å². The zero-order valence-corrected chi connectivity index (χ0v) is 16.7. The average molecular weight is 407 g/mol. The van der Waals surface area contributed by atoms with Crippen molar-refractivity contribution in [3.63, 3.8) is 0 Å². The molecule has 0 saturated carbocycles. The number of aromatic nitrogens is 1. The van der Waals surface area contributed by atoms with Gasteiger partial charge in [0.05, 0.1) is 10.4 Å². The summed E-state index contributed by atoms with van der Waals surface area (Å²) in [7, 11) is -0.197. The number of hydrogen-bond donors (Lipinski definition) is 1. The summed E-state index contributed by atoms with van der Waals surface area (Å²) in [5, 5.41) is 0. The number of halogens is 1. The van der Waals surface area contributed by atoms with Gasteiger partial charge in [0.15, 0.2) is 5.58 Å². The Morgan fingerprint density at radius 2 is 1.86 bits per heavy atom. The number of likely N-dealkylation sites (N-methyl/N-ethyl adjacent to an activating group) is 1. The Labute approximate surface area is 162 Å². The number of hydrogen-bond acceptors (Lipinski definition) is 5. The smallest absolute Gasteiger partial charge is 0.408 e. The Hall–Kier alpha value is -2.49. The van der Waals surface area contributed by atoms with E-state index in [1.54, 1.807) is 25.1 Å². The van der Waals surface area contributed by atoms with Crippen LogP contribution in [0.15, 0.2) is 56.6 Å². The van der Waals surface area contributed by atoms with E-state index in [2.05, 4.69) is 4.72 Å². The molecule has 0 unspecified atom stereocenters. The maximum Gasteiger partial charge on any atom is 0.419 e. The van der Waals surface area contributed by atoms with Crippen LogP contribution in [0.4, 0.5) is 4.39 Å². The van der Waals surface area contributed by atoms with E-state index in [1.807, 2.05) is 19.0 Å². The average Bonchev–Trinajstić information content (AvgIpc) is 2.97.